The molecule has 2 aliphatic heterocycles. The fourth-order valence-electron chi connectivity index (χ4n) is 3.12. The summed E-state index contributed by atoms with van der Waals surface area (Å²) in [5.74, 6) is 7.54. The van der Waals surface area contributed by atoms with Gasteiger partial charge in [0.1, 0.15) is 0 Å². The van der Waals surface area contributed by atoms with Crippen LogP contribution in [0.25, 0.3) is 0 Å². The fraction of sp³-hybridized carbons (Fsp3) is 1.00. The van der Waals surface area contributed by atoms with Crippen LogP contribution in [-0.4, -0.2) is 31.7 Å². The van der Waals surface area contributed by atoms with Crippen molar-refractivity contribution >= 4 is 47.0 Å². The maximum absolute atomic E-state index is 2.52. The highest BCUT2D eigenvalue weighted by Gasteiger charge is 2.45. The molecule has 3 rings (SSSR count). The van der Waals surface area contributed by atoms with Crippen LogP contribution in [0, 0.1) is 11.8 Å². The van der Waals surface area contributed by atoms with Gasteiger partial charge in [0.25, 0.3) is 0 Å². The van der Waals surface area contributed by atoms with Gasteiger partial charge in [-0.3, -0.25) is 0 Å². The molecular weight excluding hydrogens is 272 g/mol. The minimum absolute atomic E-state index is 0.660. The quantitative estimate of drug-likeness (QED) is 0.739. The molecule has 0 nitrogen and oxygen atoms in total. The molecule has 3 fully saturated rings. The van der Waals surface area contributed by atoms with Crippen LogP contribution in [-0.2, 0) is 0 Å². The Balaban J connectivity index is 1.59. The maximum atomic E-state index is 2.52. The first-order valence-electron chi connectivity index (χ1n) is 6.30. The van der Waals surface area contributed by atoms with E-state index in [2.05, 4.69) is 54.0 Å². The lowest BCUT2D eigenvalue weighted by atomic mass is 9.94. The van der Waals surface area contributed by atoms with Gasteiger partial charge < -0.3 is 0 Å². The van der Waals surface area contributed by atoms with E-state index in [0.717, 1.165) is 16.4 Å². The summed E-state index contributed by atoms with van der Waals surface area (Å²) in [4.78, 5) is 0. The molecule has 0 unspecified atom stereocenters. The van der Waals surface area contributed by atoms with Gasteiger partial charge in [0.2, 0.25) is 0 Å². The average Bonchev–Trinajstić information content (AvgIpc) is 3.01. The van der Waals surface area contributed by atoms with E-state index in [-0.39, 0.29) is 0 Å². The van der Waals surface area contributed by atoms with Crippen LogP contribution < -0.4 is 0 Å². The van der Waals surface area contributed by atoms with Gasteiger partial charge in [-0.05, 0) is 31.1 Å². The van der Waals surface area contributed by atoms with E-state index < -0.39 is 0 Å². The standard InChI is InChI=1S/C12H20S4/c1-9(11-13-4-5-14-11)10-2-3-12(8-10)15-6-7-16-12/h9-11H,2-8H2,1H3/t9-,10+/m0/s1. The smallest absolute Gasteiger partial charge is 0.0614 e. The van der Waals surface area contributed by atoms with Gasteiger partial charge in [0.15, 0.2) is 0 Å². The number of thioether (sulfide) groups is 4. The van der Waals surface area contributed by atoms with Crippen LogP contribution in [0.4, 0.5) is 0 Å². The van der Waals surface area contributed by atoms with E-state index in [4.69, 9.17) is 0 Å². The number of rotatable bonds is 2. The van der Waals surface area contributed by atoms with Crippen LogP contribution in [0.3, 0.4) is 0 Å². The molecule has 2 heterocycles. The van der Waals surface area contributed by atoms with Crippen LogP contribution in [0.5, 0.6) is 0 Å². The molecule has 0 aromatic carbocycles. The molecular formula is C12H20S4. The van der Waals surface area contributed by atoms with E-state index in [1.165, 1.54) is 42.3 Å². The first-order chi connectivity index (χ1) is 7.79. The van der Waals surface area contributed by atoms with E-state index in [0.29, 0.717) is 4.08 Å². The largest absolute Gasteiger partial charge is 0.146 e. The zero-order chi connectivity index (χ0) is 11.0. The minimum Gasteiger partial charge on any atom is -0.146 e. The predicted molar refractivity (Wildman–Crippen MR) is 82.9 cm³/mol. The predicted octanol–water partition coefficient (Wildman–Crippen LogP) is 4.41. The summed E-state index contributed by atoms with van der Waals surface area (Å²) >= 11 is 8.97. The average molecular weight is 293 g/mol. The summed E-state index contributed by atoms with van der Waals surface area (Å²) in [6.07, 6.45) is 4.49. The Bertz CT molecular complexity index is 243. The van der Waals surface area contributed by atoms with Crippen molar-refractivity contribution in [3.8, 4) is 0 Å². The molecule has 0 bridgehead atoms. The molecule has 0 amide bonds. The SMILES string of the molecule is C[C@H](C1SCCS1)[C@@H]1CCC2(C1)SCCS2. The number of hydrogen-bond donors (Lipinski definition) is 0. The van der Waals surface area contributed by atoms with E-state index in [9.17, 15) is 0 Å². The summed E-state index contributed by atoms with van der Waals surface area (Å²) in [5, 5.41) is 0. The summed E-state index contributed by atoms with van der Waals surface area (Å²) in [5.41, 5.74) is 0. The molecule has 2 saturated heterocycles. The van der Waals surface area contributed by atoms with Gasteiger partial charge in [-0.15, -0.1) is 47.0 Å². The Morgan fingerprint density at radius 1 is 1.06 bits per heavy atom. The number of hydrogen-bond acceptors (Lipinski definition) is 4. The van der Waals surface area contributed by atoms with Crippen molar-refractivity contribution in [1.29, 1.82) is 0 Å². The lowest BCUT2D eigenvalue weighted by molar-refractivity contribution is 0.391. The maximum Gasteiger partial charge on any atom is 0.0614 e. The molecule has 3 aliphatic rings. The Labute approximate surface area is 116 Å². The van der Waals surface area contributed by atoms with Crippen molar-refractivity contribution in [2.75, 3.05) is 23.0 Å². The van der Waals surface area contributed by atoms with Crippen LogP contribution in [0.15, 0.2) is 0 Å². The van der Waals surface area contributed by atoms with E-state index in [1.807, 2.05) is 0 Å². The third-order valence-corrected chi connectivity index (χ3v) is 11.1. The van der Waals surface area contributed by atoms with Crippen molar-refractivity contribution in [3.05, 3.63) is 0 Å². The summed E-state index contributed by atoms with van der Waals surface area (Å²) in [7, 11) is 0. The van der Waals surface area contributed by atoms with Crippen molar-refractivity contribution in [2.24, 2.45) is 11.8 Å². The molecule has 1 saturated carbocycles. The molecule has 0 N–H and O–H groups in total. The molecule has 4 heteroatoms. The molecule has 0 aromatic rings. The Morgan fingerprint density at radius 3 is 2.44 bits per heavy atom. The molecule has 1 spiro atoms. The third kappa shape index (κ3) is 2.41. The summed E-state index contributed by atoms with van der Waals surface area (Å²) in [6.45, 7) is 2.52. The normalized spacial score (nSPS) is 36.2. The van der Waals surface area contributed by atoms with Gasteiger partial charge in [0, 0.05) is 23.0 Å². The van der Waals surface area contributed by atoms with Crippen LogP contribution in [0.2, 0.25) is 0 Å². The van der Waals surface area contributed by atoms with E-state index >= 15 is 0 Å². The highest BCUT2D eigenvalue weighted by atomic mass is 32.2. The highest BCUT2D eigenvalue weighted by Crippen LogP contribution is 2.58. The molecule has 16 heavy (non-hydrogen) atoms. The second kappa shape index (κ2) is 5.18. The first kappa shape index (κ1) is 12.4. The highest BCUT2D eigenvalue weighted by molar-refractivity contribution is 8.21. The molecule has 92 valence electrons. The lowest BCUT2D eigenvalue weighted by Crippen LogP contribution is -2.19. The molecule has 1 aliphatic carbocycles. The van der Waals surface area contributed by atoms with Crippen molar-refractivity contribution in [1.82, 2.24) is 0 Å². The lowest BCUT2D eigenvalue weighted by Gasteiger charge is -2.26. The monoisotopic (exact) mass is 292 g/mol. The Hall–Kier alpha value is 1.40. The van der Waals surface area contributed by atoms with E-state index in [1.54, 1.807) is 0 Å². The Morgan fingerprint density at radius 2 is 1.75 bits per heavy atom. The Kier molecular flexibility index (Phi) is 4.03. The van der Waals surface area contributed by atoms with Gasteiger partial charge in [0.05, 0.1) is 8.66 Å². The molecule has 0 radical (unpaired) electrons. The van der Waals surface area contributed by atoms with Crippen LogP contribution in [0.1, 0.15) is 26.2 Å². The third-order valence-electron chi connectivity index (χ3n) is 4.10. The minimum atomic E-state index is 0.660. The van der Waals surface area contributed by atoms with Gasteiger partial charge in [-0.1, -0.05) is 6.92 Å². The van der Waals surface area contributed by atoms with Crippen molar-refractivity contribution in [2.45, 2.75) is 34.8 Å². The van der Waals surface area contributed by atoms with Crippen molar-refractivity contribution < 1.29 is 0 Å². The van der Waals surface area contributed by atoms with Crippen LogP contribution >= 0.6 is 47.0 Å². The topological polar surface area (TPSA) is 0 Å². The zero-order valence-corrected chi connectivity index (χ0v) is 13.1. The summed E-state index contributed by atoms with van der Waals surface area (Å²) in [6, 6.07) is 0. The second-order valence-corrected chi connectivity index (χ2v) is 11.1. The summed E-state index contributed by atoms with van der Waals surface area (Å²) < 4.78 is 1.57. The first-order valence-corrected chi connectivity index (χ1v) is 10.4. The molecule has 0 aromatic heterocycles. The van der Waals surface area contributed by atoms with Crippen molar-refractivity contribution in [3.63, 3.8) is 0 Å². The van der Waals surface area contributed by atoms with Gasteiger partial charge in [-0.25, -0.2) is 0 Å². The fourth-order valence-corrected chi connectivity index (χ4v) is 9.80. The van der Waals surface area contributed by atoms with Gasteiger partial charge >= 0.3 is 0 Å². The second-order valence-electron chi connectivity index (χ2n) is 5.08. The zero-order valence-electron chi connectivity index (χ0n) is 9.81. The van der Waals surface area contributed by atoms with Gasteiger partial charge in [-0.2, -0.15) is 0 Å². The molecule has 2 atom stereocenters.